The van der Waals surface area contributed by atoms with Crippen LogP contribution in [0.4, 0.5) is 5.82 Å². The highest BCUT2D eigenvalue weighted by Gasteiger charge is 2.05. The average Bonchev–Trinajstić information content (AvgIpc) is 2.41. The summed E-state index contributed by atoms with van der Waals surface area (Å²) in [6, 6.07) is 3.64. The topological polar surface area (TPSA) is 77.6 Å². The minimum Gasteiger partial charge on any atom is -0.382 e. The number of hydrogen-bond acceptors (Lipinski definition) is 5. The molecule has 3 rings (SSSR count). The maximum atomic E-state index is 5.95. The minimum absolute atomic E-state index is 0.314. The molecule has 0 spiro atoms. The van der Waals surface area contributed by atoms with Gasteiger partial charge in [0.25, 0.3) is 0 Å². The minimum atomic E-state index is 0.314. The van der Waals surface area contributed by atoms with Gasteiger partial charge in [-0.2, -0.15) is 0 Å². The number of halogens is 1. The third kappa shape index (κ3) is 1.84. The van der Waals surface area contributed by atoms with Gasteiger partial charge in [0.1, 0.15) is 11.3 Å². The van der Waals surface area contributed by atoms with Crippen molar-refractivity contribution in [3.8, 4) is 11.1 Å². The van der Waals surface area contributed by atoms with Crippen LogP contribution < -0.4 is 5.73 Å². The largest absolute Gasteiger partial charge is 0.382 e. The molecule has 0 radical (unpaired) electrons. The third-order valence-electron chi connectivity index (χ3n) is 2.53. The Balaban J connectivity index is 2.16. The van der Waals surface area contributed by atoms with Crippen LogP contribution in [-0.2, 0) is 0 Å². The van der Waals surface area contributed by atoms with Crippen molar-refractivity contribution < 1.29 is 0 Å². The van der Waals surface area contributed by atoms with Gasteiger partial charge in [-0.1, -0.05) is 11.6 Å². The first-order valence-corrected chi connectivity index (χ1v) is 5.60. The van der Waals surface area contributed by atoms with Crippen molar-refractivity contribution in [3.05, 3.63) is 41.9 Å². The zero-order chi connectivity index (χ0) is 12.5. The molecule has 2 N–H and O–H groups in total. The molecule has 0 aliphatic rings. The summed E-state index contributed by atoms with van der Waals surface area (Å²) in [5, 5.41) is 0.423. The molecule has 3 aromatic rings. The quantitative estimate of drug-likeness (QED) is 0.724. The molecule has 88 valence electrons. The average molecular weight is 258 g/mol. The molecule has 0 aliphatic heterocycles. The zero-order valence-electron chi connectivity index (χ0n) is 9.21. The van der Waals surface area contributed by atoms with Crippen molar-refractivity contribution in [2.45, 2.75) is 0 Å². The number of nitrogens with two attached hydrogens (primary N) is 1. The summed E-state index contributed by atoms with van der Waals surface area (Å²) in [4.78, 5) is 16.6. The summed E-state index contributed by atoms with van der Waals surface area (Å²) in [6.45, 7) is 0. The Morgan fingerprint density at radius 1 is 0.889 bits per heavy atom. The van der Waals surface area contributed by atoms with E-state index in [4.69, 9.17) is 17.3 Å². The number of rotatable bonds is 1. The molecule has 0 atom stereocenters. The van der Waals surface area contributed by atoms with Crippen LogP contribution in [0.2, 0.25) is 5.02 Å². The Kier molecular flexibility index (Phi) is 2.53. The highest BCUT2D eigenvalue weighted by Crippen LogP contribution is 2.25. The fourth-order valence-electron chi connectivity index (χ4n) is 1.62. The van der Waals surface area contributed by atoms with Crippen molar-refractivity contribution in [2.75, 3.05) is 5.73 Å². The van der Waals surface area contributed by atoms with Crippen LogP contribution in [0.5, 0.6) is 0 Å². The van der Waals surface area contributed by atoms with Crippen molar-refractivity contribution >= 4 is 28.6 Å². The van der Waals surface area contributed by atoms with Gasteiger partial charge in [0.2, 0.25) is 0 Å². The lowest BCUT2D eigenvalue weighted by Crippen LogP contribution is -1.92. The van der Waals surface area contributed by atoms with Gasteiger partial charge >= 0.3 is 0 Å². The second-order valence-electron chi connectivity index (χ2n) is 3.71. The Bertz CT molecular complexity index is 728. The van der Waals surface area contributed by atoms with Crippen LogP contribution in [0.25, 0.3) is 22.3 Å². The van der Waals surface area contributed by atoms with Crippen LogP contribution in [0.3, 0.4) is 0 Å². The van der Waals surface area contributed by atoms with Crippen LogP contribution in [0.15, 0.2) is 36.9 Å². The van der Waals surface area contributed by atoms with Gasteiger partial charge in [0.15, 0.2) is 5.65 Å². The van der Waals surface area contributed by atoms with Crippen LogP contribution in [0, 0.1) is 0 Å². The molecule has 0 amide bonds. The summed E-state index contributed by atoms with van der Waals surface area (Å²) in [5.74, 6) is 0.314. The molecule has 0 saturated heterocycles. The normalized spacial score (nSPS) is 10.7. The lowest BCUT2D eigenvalue weighted by atomic mass is 10.1. The smallest absolute Gasteiger partial charge is 0.178 e. The van der Waals surface area contributed by atoms with E-state index in [1.807, 2.05) is 6.07 Å². The lowest BCUT2D eigenvalue weighted by molar-refractivity contribution is 1.22. The van der Waals surface area contributed by atoms with Crippen LogP contribution in [0.1, 0.15) is 0 Å². The molecule has 0 unspecified atom stereocenters. The van der Waals surface area contributed by atoms with Gasteiger partial charge in [-0.3, -0.25) is 4.98 Å². The first kappa shape index (κ1) is 10.9. The number of fused-ring (bicyclic) bond motifs is 1. The standard InChI is InChI=1S/C12H8ClN5/c13-9-3-7(5-17-11(9)14)8-4-10-12(18-6-8)16-2-1-15-10/h1-6H,(H2,14,17). The first-order valence-electron chi connectivity index (χ1n) is 5.22. The Hall–Kier alpha value is -2.27. The van der Waals surface area contributed by atoms with E-state index < -0.39 is 0 Å². The fourth-order valence-corrected chi connectivity index (χ4v) is 1.79. The second kappa shape index (κ2) is 4.19. The molecule has 18 heavy (non-hydrogen) atoms. The second-order valence-corrected chi connectivity index (χ2v) is 4.12. The summed E-state index contributed by atoms with van der Waals surface area (Å²) < 4.78 is 0. The maximum absolute atomic E-state index is 5.95. The predicted octanol–water partition coefficient (Wildman–Crippen LogP) is 2.32. The van der Waals surface area contributed by atoms with Crippen molar-refractivity contribution in [1.29, 1.82) is 0 Å². The first-order chi connectivity index (χ1) is 8.74. The highest BCUT2D eigenvalue weighted by atomic mass is 35.5. The summed E-state index contributed by atoms with van der Waals surface area (Å²) in [7, 11) is 0. The number of anilines is 1. The van der Waals surface area contributed by atoms with Crippen molar-refractivity contribution in [2.24, 2.45) is 0 Å². The van der Waals surface area contributed by atoms with E-state index in [1.165, 1.54) is 0 Å². The summed E-state index contributed by atoms with van der Waals surface area (Å²) in [6.07, 6.45) is 6.60. The molecule has 0 bridgehead atoms. The van der Waals surface area contributed by atoms with E-state index in [0.29, 0.717) is 16.5 Å². The van der Waals surface area contributed by atoms with Gasteiger partial charge in [-0.05, 0) is 12.1 Å². The highest BCUT2D eigenvalue weighted by molar-refractivity contribution is 6.33. The van der Waals surface area contributed by atoms with Gasteiger partial charge < -0.3 is 5.73 Å². The molecule has 6 heteroatoms. The van der Waals surface area contributed by atoms with Crippen LogP contribution >= 0.6 is 11.6 Å². The van der Waals surface area contributed by atoms with Gasteiger partial charge in [0, 0.05) is 35.9 Å². The number of hydrogen-bond donors (Lipinski definition) is 1. The Morgan fingerprint density at radius 2 is 1.61 bits per heavy atom. The van der Waals surface area contributed by atoms with Crippen molar-refractivity contribution in [1.82, 2.24) is 19.9 Å². The predicted molar refractivity (Wildman–Crippen MR) is 70.0 cm³/mol. The molecular weight excluding hydrogens is 250 g/mol. The Labute approximate surface area is 108 Å². The molecular formula is C12H8ClN5. The van der Waals surface area contributed by atoms with Crippen LogP contribution in [-0.4, -0.2) is 19.9 Å². The van der Waals surface area contributed by atoms with E-state index in [9.17, 15) is 0 Å². The van der Waals surface area contributed by atoms with E-state index in [1.54, 1.807) is 30.9 Å². The monoisotopic (exact) mass is 257 g/mol. The van der Waals surface area contributed by atoms with E-state index >= 15 is 0 Å². The number of aromatic nitrogens is 4. The SMILES string of the molecule is Nc1ncc(-c2cnc3nccnc3c2)cc1Cl. The molecule has 0 saturated carbocycles. The fraction of sp³-hybridized carbons (Fsp3) is 0. The van der Waals surface area contributed by atoms with E-state index in [2.05, 4.69) is 19.9 Å². The maximum Gasteiger partial charge on any atom is 0.178 e. The third-order valence-corrected chi connectivity index (χ3v) is 2.83. The van der Waals surface area contributed by atoms with Gasteiger partial charge in [0.05, 0.1) is 5.02 Å². The molecule has 3 heterocycles. The molecule has 5 nitrogen and oxygen atoms in total. The van der Waals surface area contributed by atoms with Crippen molar-refractivity contribution in [3.63, 3.8) is 0 Å². The molecule has 0 aromatic carbocycles. The van der Waals surface area contributed by atoms with E-state index in [0.717, 1.165) is 16.6 Å². The summed E-state index contributed by atoms with van der Waals surface area (Å²) in [5.41, 5.74) is 8.62. The molecule has 0 fully saturated rings. The Morgan fingerprint density at radius 3 is 2.44 bits per heavy atom. The number of nitrogen functional groups attached to an aromatic ring is 1. The summed E-state index contributed by atoms with van der Waals surface area (Å²) >= 11 is 5.95. The molecule has 3 aromatic heterocycles. The van der Waals surface area contributed by atoms with E-state index in [-0.39, 0.29) is 0 Å². The van der Waals surface area contributed by atoms with Gasteiger partial charge in [-0.25, -0.2) is 15.0 Å². The number of pyridine rings is 2. The molecule has 0 aliphatic carbocycles. The number of nitrogens with zero attached hydrogens (tertiary/aromatic N) is 4. The van der Waals surface area contributed by atoms with Gasteiger partial charge in [-0.15, -0.1) is 0 Å². The zero-order valence-corrected chi connectivity index (χ0v) is 9.96. The lowest BCUT2D eigenvalue weighted by Gasteiger charge is -2.04.